The Kier molecular flexibility index (Phi) is 4.00. The first-order valence-electron chi connectivity index (χ1n) is 7.54. The highest BCUT2D eigenvalue weighted by atomic mass is 35.5. The molecule has 0 radical (unpaired) electrons. The summed E-state index contributed by atoms with van der Waals surface area (Å²) >= 11 is 7.05. The molecule has 4 nitrogen and oxygen atoms in total. The van der Waals surface area contributed by atoms with E-state index < -0.39 is 10.0 Å². The molecule has 24 heavy (non-hydrogen) atoms. The van der Waals surface area contributed by atoms with Crippen LogP contribution in [0.25, 0.3) is 0 Å². The lowest BCUT2D eigenvalue weighted by atomic mass is 10.0. The molecule has 1 atom stereocenters. The van der Waals surface area contributed by atoms with Crippen LogP contribution in [0.5, 0.6) is 0 Å². The first-order chi connectivity index (χ1) is 11.6. The minimum absolute atomic E-state index is 0.286. The van der Waals surface area contributed by atoms with Crippen LogP contribution < -0.4 is 0 Å². The van der Waals surface area contributed by atoms with Gasteiger partial charge >= 0.3 is 0 Å². The molecular weight excluding hydrogens is 364 g/mol. The van der Waals surface area contributed by atoms with Crippen LogP contribution in [-0.4, -0.2) is 23.8 Å². The topological polar surface area (TPSA) is 42.3 Å². The zero-order valence-corrected chi connectivity index (χ0v) is 15.1. The number of rotatable bonds is 3. The van der Waals surface area contributed by atoms with E-state index in [4.69, 9.17) is 11.6 Å². The Balaban J connectivity index is 1.85. The summed E-state index contributed by atoms with van der Waals surface area (Å²) in [5.74, 6) is 0. The van der Waals surface area contributed by atoms with Gasteiger partial charge in [-0.25, -0.2) is 8.42 Å². The van der Waals surface area contributed by atoms with Crippen LogP contribution in [0.1, 0.15) is 17.3 Å². The molecule has 0 amide bonds. The minimum Gasteiger partial charge on any atom is -0.348 e. The van der Waals surface area contributed by atoms with Crippen molar-refractivity contribution in [1.29, 1.82) is 0 Å². The van der Waals surface area contributed by atoms with Crippen molar-refractivity contribution in [2.45, 2.75) is 16.8 Å². The second kappa shape index (κ2) is 6.04. The van der Waals surface area contributed by atoms with Gasteiger partial charge in [0, 0.05) is 25.0 Å². The average Bonchev–Trinajstić information content (AvgIpc) is 3.23. The number of hydrogen-bond donors (Lipinski definition) is 0. The molecule has 7 heteroatoms. The molecule has 3 heterocycles. The first kappa shape index (κ1) is 15.9. The lowest BCUT2D eigenvalue weighted by Gasteiger charge is -2.36. The largest absolute Gasteiger partial charge is 0.348 e. The van der Waals surface area contributed by atoms with Gasteiger partial charge in [-0.3, -0.25) is 0 Å². The number of fused-ring (bicyclic) bond motifs is 1. The fourth-order valence-electron chi connectivity index (χ4n) is 3.15. The van der Waals surface area contributed by atoms with E-state index in [9.17, 15) is 8.42 Å². The number of halogens is 1. The van der Waals surface area contributed by atoms with Crippen molar-refractivity contribution < 1.29 is 8.42 Å². The van der Waals surface area contributed by atoms with Crippen LogP contribution in [0.3, 0.4) is 0 Å². The highest BCUT2D eigenvalue weighted by Gasteiger charge is 2.38. The minimum atomic E-state index is -3.61. The van der Waals surface area contributed by atoms with E-state index in [1.807, 2.05) is 48.7 Å². The quantitative estimate of drug-likeness (QED) is 0.691. The zero-order valence-electron chi connectivity index (χ0n) is 12.7. The summed E-state index contributed by atoms with van der Waals surface area (Å²) in [7, 11) is -3.61. The molecular formula is C17H15ClN2O2S2. The van der Waals surface area contributed by atoms with Crippen molar-refractivity contribution in [2.24, 2.45) is 0 Å². The highest BCUT2D eigenvalue weighted by molar-refractivity contribution is 7.91. The number of hydrogen-bond acceptors (Lipinski definition) is 3. The molecule has 0 N–H and O–H groups in total. The van der Waals surface area contributed by atoms with Crippen LogP contribution in [0, 0.1) is 0 Å². The van der Waals surface area contributed by atoms with Crippen molar-refractivity contribution in [3.8, 4) is 0 Å². The number of aromatic nitrogens is 1. The maximum Gasteiger partial charge on any atom is 0.253 e. The molecule has 1 aliphatic heterocycles. The highest BCUT2D eigenvalue weighted by Crippen LogP contribution is 2.38. The van der Waals surface area contributed by atoms with Gasteiger partial charge in [0.25, 0.3) is 10.0 Å². The van der Waals surface area contributed by atoms with Gasteiger partial charge in [0.2, 0.25) is 0 Å². The number of thiophene rings is 1. The summed E-state index contributed by atoms with van der Waals surface area (Å²) in [6, 6.07) is 16.6. The first-order valence-corrected chi connectivity index (χ1v) is 10.2. The molecule has 3 aromatic rings. The maximum atomic E-state index is 13.2. The molecule has 2 aromatic heterocycles. The van der Waals surface area contributed by atoms with Crippen molar-refractivity contribution in [3.63, 3.8) is 0 Å². The smallest absolute Gasteiger partial charge is 0.253 e. The van der Waals surface area contributed by atoms with Gasteiger partial charge in [0.1, 0.15) is 4.21 Å². The van der Waals surface area contributed by atoms with Crippen molar-refractivity contribution in [3.05, 3.63) is 76.4 Å². The fourth-order valence-corrected chi connectivity index (χ4v) is 6.34. The molecule has 0 fully saturated rings. The van der Waals surface area contributed by atoms with Gasteiger partial charge in [-0.2, -0.15) is 4.31 Å². The van der Waals surface area contributed by atoms with E-state index in [-0.39, 0.29) is 10.3 Å². The second-order valence-electron chi connectivity index (χ2n) is 5.61. The fraction of sp³-hybridized carbons (Fsp3) is 0.176. The van der Waals surface area contributed by atoms with Crippen LogP contribution in [-0.2, 0) is 16.6 Å². The van der Waals surface area contributed by atoms with E-state index in [1.54, 1.807) is 16.4 Å². The lowest BCUT2D eigenvalue weighted by Crippen LogP contribution is -2.42. The monoisotopic (exact) mass is 378 g/mol. The molecule has 0 spiro atoms. The predicted molar refractivity (Wildman–Crippen MR) is 95.9 cm³/mol. The normalized spacial score (nSPS) is 18.5. The van der Waals surface area contributed by atoms with Gasteiger partial charge < -0.3 is 4.57 Å². The average molecular weight is 379 g/mol. The number of sulfonamides is 1. The molecule has 0 unspecified atom stereocenters. The van der Waals surface area contributed by atoms with Crippen LogP contribution in [0.15, 0.2) is 65.0 Å². The third kappa shape index (κ3) is 2.59. The Morgan fingerprint density at radius 3 is 2.50 bits per heavy atom. The summed E-state index contributed by atoms with van der Waals surface area (Å²) in [6.07, 6.45) is 2.00. The van der Waals surface area contributed by atoms with Crippen LogP contribution in [0.2, 0.25) is 4.34 Å². The second-order valence-corrected chi connectivity index (χ2v) is 9.45. The summed E-state index contributed by atoms with van der Waals surface area (Å²) in [4.78, 5) is 0. The number of nitrogens with zero attached hydrogens (tertiary/aromatic N) is 2. The Morgan fingerprint density at radius 2 is 1.79 bits per heavy atom. The van der Waals surface area contributed by atoms with Gasteiger partial charge in [-0.15, -0.1) is 11.3 Å². The predicted octanol–water partition coefficient (Wildman–Crippen LogP) is 4.00. The number of benzene rings is 1. The lowest BCUT2D eigenvalue weighted by molar-refractivity contribution is 0.299. The Morgan fingerprint density at radius 1 is 1.00 bits per heavy atom. The summed E-state index contributed by atoms with van der Waals surface area (Å²) < 4.78 is 30.8. The standard InChI is InChI=1S/C17H15ClN2O2S2/c18-15-8-9-16(23-15)24(21,22)20-12-11-19-10-4-7-14(19)17(20)13-5-2-1-3-6-13/h1-10,17H,11-12H2/t17-/m1/s1. The molecule has 0 bridgehead atoms. The van der Waals surface area contributed by atoms with Gasteiger partial charge in [-0.05, 0) is 29.8 Å². The SMILES string of the molecule is O=S(=O)(c1ccc(Cl)s1)N1CCn2cccc2[C@H]1c1ccccc1. The summed E-state index contributed by atoms with van der Waals surface area (Å²) in [6.45, 7) is 1.07. The molecule has 124 valence electrons. The maximum absolute atomic E-state index is 13.2. The zero-order chi connectivity index (χ0) is 16.7. The van der Waals surface area contributed by atoms with E-state index in [1.165, 1.54) is 0 Å². The Bertz CT molecular complexity index is 963. The van der Waals surface area contributed by atoms with Crippen molar-refractivity contribution in [1.82, 2.24) is 8.87 Å². The Hall–Kier alpha value is -1.60. The summed E-state index contributed by atoms with van der Waals surface area (Å²) in [5.41, 5.74) is 1.95. The van der Waals surface area contributed by atoms with Crippen LogP contribution >= 0.6 is 22.9 Å². The molecule has 1 aliphatic rings. The van der Waals surface area contributed by atoms with Gasteiger partial charge in [0.15, 0.2) is 0 Å². The molecule has 0 saturated carbocycles. The molecule has 4 rings (SSSR count). The van der Waals surface area contributed by atoms with Crippen molar-refractivity contribution >= 4 is 33.0 Å². The van der Waals surface area contributed by atoms with Crippen LogP contribution in [0.4, 0.5) is 0 Å². The summed E-state index contributed by atoms with van der Waals surface area (Å²) in [5, 5.41) is 0. The van der Waals surface area contributed by atoms with E-state index in [2.05, 4.69) is 4.57 Å². The van der Waals surface area contributed by atoms with Crippen molar-refractivity contribution in [2.75, 3.05) is 6.54 Å². The van der Waals surface area contributed by atoms with Gasteiger partial charge in [0.05, 0.1) is 10.4 Å². The molecule has 0 saturated heterocycles. The van der Waals surface area contributed by atoms with Gasteiger partial charge in [-0.1, -0.05) is 41.9 Å². The van der Waals surface area contributed by atoms with E-state index >= 15 is 0 Å². The molecule has 1 aromatic carbocycles. The third-order valence-corrected chi connectivity index (χ3v) is 7.78. The van der Waals surface area contributed by atoms with E-state index in [0.717, 1.165) is 22.6 Å². The third-order valence-electron chi connectivity index (χ3n) is 4.22. The van der Waals surface area contributed by atoms with E-state index in [0.29, 0.717) is 17.4 Å². The Labute approximate surface area is 150 Å². The molecule has 0 aliphatic carbocycles.